The van der Waals surface area contributed by atoms with E-state index in [1.165, 1.54) is 0 Å². The van der Waals surface area contributed by atoms with E-state index in [4.69, 9.17) is 0 Å². The van der Waals surface area contributed by atoms with Crippen LogP contribution in [0.15, 0.2) is 0 Å². The van der Waals surface area contributed by atoms with Crippen molar-refractivity contribution in [3.05, 3.63) is 0 Å². The third kappa shape index (κ3) is 0.754. The molecule has 3 nitrogen and oxygen atoms in total. The first-order chi connectivity index (χ1) is 5.97. The highest BCUT2D eigenvalue weighted by molar-refractivity contribution is 5.91. The fraction of sp³-hybridized carbons (Fsp3) is 0.900. The number of aliphatic hydroxyl groups is 2. The Morgan fingerprint density at radius 3 is 2.46 bits per heavy atom. The van der Waals surface area contributed by atoms with Crippen LogP contribution in [0, 0.1) is 16.7 Å². The van der Waals surface area contributed by atoms with Crippen molar-refractivity contribution < 1.29 is 15.0 Å². The first-order valence-electron chi connectivity index (χ1n) is 4.80. The lowest BCUT2D eigenvalue weighted by Crippen LogP contribution is -2.43. The third-order valence-corrected chi connectivity index (χ3v) is 4.45. The van der Waals surface area contributed by atoms with E-state index in [1.807, 2.05) is 13.8 Å². The zero-order chi connectivity index (χ0) is 9.85. The summed E-state index contributed by atoms with van der Waals surface area (Å²) in [5.74, 6) is -0.111. The first kappa shape index (κ1) is 9.16. The minimum absolute atomic E-state index is 0.0466. The molecule has 0 aromatic carbocycles. The molecule has 2 N–H and O–H groups in total. The van der Waals surface area contributed by atoms with E-state index in [0.717, 1.165) is 12.8 Å². The van der Waals surface area contributed by atoms with Gasteiger partial charge in [0, 0.05) is 11.3 Å². The molecule has 2 fully saturated rings. The molecule has 74 valence electrons. The molecule has 13 heavy (non-hydrogen) atoms. The SMILES string of the molecule is CC1(C)[C@H]2CC[C@@]1(CO)[C@@H](O)C2=O. The first-order valence-corrected chi connectivity index (χ1v) is 4.80. The van der Waals surface area contributed by atoms with Crippen molar-refractivity contribution >= 4 is 5.78 Å². The van der Waals surface area contributed by atoms with E-state index in [9.17, 15) is 15.0 Å². The maximum atomic E-state index is 11.6. The van der Waals surface area contributed by atoms with Crippen LogP contribution in [-0.4, -0.2) is 28.7 Å². The molecule has 0 radical (unpaired) electrons. The fourth-order valence-corrected chi connectivity index (χ4v) is 3.25. The van der Waals surface area contributed by atoms with Gasteiger partial charge in [0.25, 0.3) is 0 Å². The maximum absolute atomic E-state index is 11.6. The standard InChI is InChI=1S/C10H16O3/c1-9(2)6-3-4-10(9,5-11)8(13)7(6)12/h6,8,11,13H,3-5H2,1-2H3/t6-,8-,10+/m0/s1. The summed E-state index contributed by atoms with van der Waals surface area (Å²) in [4.78, 5) is 11.6. The minimum atomic E-state index is -0.939. The Morgan fingerprint density at radius 2 is 2.15 bits per heavy atom. The summed E-state index contributed by atoms with van der Waals surface area (Å²) in [7, 11) is 0. The topological polar surface area (TPSA) is 57.5 Å². The molecule has 0 heterocycles. The van der Waals surface area contributed by atoms with Crippen molar-refractivity contribution in [3.63, 3.8) is 0 Å². The van der Waals surface area contributed by atoms with Crippen LogP contribution in [-0.2, 0) is 4.79 Å². The second-order valence-corrected chi connectivity index (χ2v) is 4.93. The average molecular weight is 184 g/mol. The monoisotopic (exact) mass is 184 g/mol. The Hall–Kier alpha value is -0.410. The van der Waals surface area contributed by atoms with E-state index in [-0.39, 0.29) is 23.7 Å². The van der Waals surface area contributed by atoms with Gasteiger partial charge < -0.3 is 10.2 Å². The summed E-state index contributed by atoms with van der Waals surface area (Å²) in [6.07, 6.45) is 0.656. The highest BCUT2D eigenvalue weighted by Crippen LogP contribution is 2.63. The summed E-state index contributed by atoms with van der Waals surface area (Å²) in [6.45, 7) is 3.88. The van der Waals surface area contributed by atoms with Gasteiger partial charge in [0.15, 0.2) is 5.78 Å². The number of Topliss-reactive ketones (excluding diaryl/α,β-unsaturated/α-hetero) is 1. The molecule has 0 saturated heterocycles. The van der Waals surface area contributed by atoms with Gasteiger partial charge in [-0.3, -0.25) is 4.79 Å². The molecule has 0 aromatic rings. The zero-order valence-electron chi connectivity index (χ0n) is 8.08. The number of aliphatic hydroxyl groups excluding tert-OH is 2. The van der Waals surface area contributed by atoms with Crippen LogP contribution in [0.5, 0.6) is 0 Å². The second kappa shape index (κ2) is 2.34. The molecule has 2 saturated carbocycles. The minimum Gasteiger partial charge on any atom is -0.396 e. The molecule has 3 heteroatoms. The van der Waals surface area contributed by atoms with Crippen molar-refractivity contribution in [2.45, 2.75) is 32.8 Å². The van der Waals surface area contributed by atoms with Crippen LogP contribution in [0.25, 0.3) is 0 Å². The number of fused-ring (bicyclic) bond motifs is 2. The highest BCUT2D eigenvalue weighted by atomic mass is 16.3. The number of hydrogen-bond donors (Lipinski definition) is 2. The summed E-state index contributed by atoms with van der Waals surface area (Å²) >= 11 is 0. The number of carbonyl (C=O) groups excluding carboxylic acids is 1. The molecular weight excluding hydrogens is 168 g/mol. The number of rotatable bonds is 1. The zero-order valence-corrected chi connectivity index (χ0v) is 8.08. The van der Waals surface area contributed by atoms with Crippen LogP contribution >= 0.6 is 0 Å². The largest absolute Gasteiger partial charge is 0.396 e. The number of ketones is 1. The van der Waals surface area contributed by atoms with Crippen molar-refractivity contribution in [1.29, 1.82) is 0 Å². The Balaban J connectivity index is 2.50. The summed E-state index contributed by atoms with van der Waals surface area (Å²) in [5.41, 5.74) is -0.799. The molecule has 3 atom stereocenters. The summed E-state index contributed by atoms with van der Waals surface area (Å²) < 4.78 is 0. The van der Waals surface area contributed by atoms with Gasteiger partial charge in [-0.2, -0.15) is 0 Å². The van der Waals surface area contributed by atoms with Gasteiger partial charge in [-0.15, -0.1) is 0 Å². The Labute approximate surface area is 77.8 Å². The summed E-state index contributed by atoms with van der Waals surface area (Å²) in [6, 6.07) is 0. The quantitative estimate of drug-likeness (QED) is 0.618. The van der Waals surface area contributed by atoms with Gasteiger partial charge in [-0.25, -0.2) is 0 Å². The maximum Gasteiger partial charge on any atom is 0.165 e. The van der Waals surface area contributed by atoms with Crippen molar-refractivity contribution in [2.24, 2.45) is 16.7 Å². The van der Waals surface area contributed by atoms with Crippen LogP contribution < -0.4 is 0 Å². The van der Waals surface area contributed by atoms with Crippen LogP contribution in [0.3, 0.4) is 0 Å². The molecule has 0 unspecified atom stereocenters. The highest BCUT2D eigenvalue weighted by Gasteiger charge is 2.68. The average Bonchev–Trinajstić information content (AvgIpc) is 2.41. The van der Waals surface area contributed by atoms with E-state index in [2.05, 4.69) is 0 Å². The van der Waals surface area contributed by atoms with Crippen molar-refractivity contribution in [2.75, 3.05) is 6.61 Å². The van der Waals surface area contributed by atoms with E-state index in [0.29, 0.717) is 0 Å². The van der Waals surface area contributed by atoms with E-state index in [1.54, 1.807) is 0 Å². The van der Waals surface area contributed by atoms with Gasteiger partial charge >= 0.3 is 0 Å². The van der Waals surface area contributed by atoms with Gasteiger partial charge in [0.2, 0.25) is 0 Å². The van der Waals surface area contributed by atoms with Gasteiger partial charge in [-0.05, 0) is 18.3 Å². The van der Waals surface area contributed by atoms with Gasteiger partial charge in [0.1, 0.15) is 6.10 Å². The van der Waals surface area contributed by atoms with Crippen LogP contribution in [0.1, 0.15) is 26.7 Å². The van der Waals surface area contributed by atoms with Gasteiger partial charge in [0.05, 0.1) is 6.61 Å². The molecule has 2 rings (SSSR count). The molecule has 0 amide bonds. The normalized spacial score (nSPS) is 47.2. The predicted octanol–water partition coefficient (Wildman–Crippen LogP) is 0.345. The molecule has 0 spiro atoms. The molecule has 2 bridgehead atoms. The molecular formula is C10H16O3. The smallest absolute Gasteiger partial charge is 0.165 e. The van der Waals surface area contributed by atoms with Crippen LogP contribution in [0.2, 0.25) is 0 Å². The fourth-order valence-electron chi connectivity index (χ4n) is 3.25. The van der Waals surface area contributed by atoms with Crippen LogP contribution in [0.4, 0.5) is 0 Å². The lowest BCUT2D eigenvalue weighted by molar-refractivity contribution is -0.134. The molecule has 2 aliphatic carbocycles. The Morgan fingerprint density at radius 1 is 1.54 bits per heavy atom. The van der Waals surface area contributed by atoms with Crippen molar-refractivity contribution in [3.8, 4) is 0 Å². The van der Waals surface area contributed by atoms with Gasteiger partial charge in [-0.1, -0.05) is 13.8 Å². The molecule has 2 aliphatic rings. The lowest BCUT2D eigenvalue weighted by Gasteiger charge is -2.37. The Bertz CT molecular complexity index is 259. The summed E-state index contributed by atoms with van der Waals surface area (Å²) in [5, 5.41) is 19.1. The number of carbonyl (C=O) groups is 1. The Kier molecular flexibility index (Phi) is 1.65. The number of hydrogen-bond acceptors (Lipinski definition) is 3. The van der Waals surface area contributed by atoms with E-state index < -0.39 is 11.5 Å². The lowest BCUT2D eigenvalue weighted by atomic mass is 9.69. The molecule has 0 aliphatic heterocycles. The third-order valence-electron chi connectivity index (χ3n) is 4.45. The van der Waals surface area contributed by atoms with E-state index >= 15 is 0 Å². The second-order valence-electron chi connectivity index (χ2n) is 4.93. The molecule has 0 aromatic heterocycles. The van der Waals surface area contributed by atoms with Crippen molar-refractivity contribution in [1.82, 2.24) is 0 Å². The predicted molar refractivity (Wildman–Crippen MR) is 47.0 cm³/mol.